The van der Waals surface area contributed by atoms with Gasteiger partial charge in [-0.25, -0.2) is 0 Å². The van der Waals surface area contributed by atoms with E-state index in [-0.39, 0.29) is 0 Å². The molecule has 11 aliphatic rings. The van der Waals surface area contributed by atoms with E-state index < -0.39 is 0 Å². The van der Waals surface area contributed by atoms with E-state index in [4.69, 9.17) is 0 Å². The third-order valence-electron chi connectivity index (χ3n) is 22.9. The molecular formula is C72H140. The number of fused-ring (bicyclic) bond motifs is 4. The third kappa shape index (κ3) is 27.5. The Morgan fingerprint density at radius 3 is 1.03 bits per heavy atom. The predicted octanol–water partition coefficient (Wildman–Crippen LogP) is 25.3. The molecule has 11 aliphatic carbocycles. The zero-order valence-corrected chi connectivity index (χ0v) is 53.0. The van der Waals surface area contributed by atoms with Gasteiger partial charge in [-0.1, -0.05) is 277 Å². The van der Waals surface area contributed by atoms with Crippen LogP contribution in [0.15, 0.2) is 0 Å². The highest BCUT2D eigenvalue weighted by Crippen LogP contribution is 2.49. The summed E-state index contributed by atoms with van der Waals surface area (Å²) in [5.41, 5.74) is 2.15. The van der Waals surface area contributed by atoms with Crippen molar-refractivity contribution in [1.29, 1.82) is 0 Å². The third-order valence-corrected chi connectivity index (χ3v) is 22.9. The molecule has 0 spiro atoms. The number of rotatable bonds is 5. The second kappa shape index (κ2) is 36.2. The van der Waals surface area contributed by atoms with Crippen molar-refractivity contribution >= 4 is 0 Å². The van der Waals surface area contributed by atoms with Crippen molar-refractivity contribution in [2.45, 2.75) is 367 Å². The van der Waals surface area contributed by atoms with Crippen molar-refractivity contribution < 1.29 is 0 Å². The maximum atomic E-state index is 2.44. The van der Waals surface area contributed by atoms with Crippen molar-refractivity contribution in [2.24, 2.45) is 93.2 Å². The molecule has 0 radical (unpaired) electrons. The SMILES string of the molecule is CC(C)C1CCCC1.CC1(C)CCCCC1.CC1C2CCC1CC2.CC1CCC(C)CC1.CC1CCC[C@@H](C)C1.CCC1(C)CCCC1.CCC1(C)CCCC1.CCCC1CCCC1.C[C@H]1CC2CCC1C2. The predicted molar refractivity (Wildman–Crippen MR) is 327 cm³/mol. The summed E-state index contributed by atoms with van der Waals surface area (Å²) in [4.78, 5) is 0. The fourth-order valence-corrected chi connectivity index (χ4v) is 16.3. The van der Waals surface area contributed by atoms with E-state index in [1.807, 2.05) is 0 Å². The van der Waals surface area contributed by atoms with Gasteiger partial charge in [-0.2, -0.15) is 0 Å². The first-order valence-corrected chi connectivity index (χ1v) is 34.3. The Morgan fingerprint density at radius 1 is 0.375 bits per heavy atom. The molecular weight excluding hydrogens is 865 g/mol. The summed E-state index contributed by atoms with van der Waals surface area (Å²) in [6.07, 6.45) is 61.0. The molecule has 428 valence electrons. The summed E-state index contributed by atoms with van der Waals surface area (Å²) in [5.74, 6) is 13.9. The van der Waals surface area contributed by atoms with E-state index >= 15 is 0 Å². The van der Waals surface area contributed by atoms with Gasteiger partial charge in [-0.15, -0.1) is 0 Å². The molecule has 3 unspecified atom stereocenters. The zero-order valence-electron chi connectivity index (χ0n) is 53.0. The van der Waals surface area contributed by atoms with Crippen molar-refractivity contribution in [3.63, 3.8) is 0 Å². The minimum absolute atomic E-state index is 0.679. The number of hydrogen-bond acceptors (Lipinski definition) is 0. The highest BCUT2D eigenvalue weighted by Gasteiger charge is 2.38. The van der Waals surface area contributed by atoms with Crippen LogP contribution in [0.25, 0.3) is 0 Å². The lowest BCUT2D eigenvalue weighted by molar-refractivity contribution is 0.244. The van der Waals surface area contributed by atoms with Crippen LogP contribution in [0.2, 0.25) is 0 Å². The molecule has 0 heteroatoms. The van der Waals surface area contributed by atoms with Crippen molar-refractivity contribution in [3.8, 4) is 0 Å². The highest BCUT2D eigenvalue weighted by molar-refractivity contribution is 4.89. The molecule has 11 rings (SSSR count). The van der Waals surface area contributed by atoms with Crippen LogP contribution in [0.1, 0.15) is 367 Å². The Bertz CT molecular complexity index is 1180. The van der Waals surface area contributed by atoms with Crippen LogP contribution in [-0.4, -0.2) is 0 Å². The van der Waals surface area contributed by atoms with Crippen molar-refractivity contribution in [2.75, 3.05) is 0 Å². The monoisotopic (exact) mass is 1010 g/mol. The number of hydrogen-bond donors (Lipinski definition) is 0. The molecule has 0 amide bonds. The van der Waals surface area contributed by atoms with Crippen LogP contribution in [0.5, 0.6) is 0 Å². The van der Waals surface area contributed by atoms with E-state index in [0.717, 1.165) is 87.8 Å². The van der Waals surface area contributed by atoms with Crippen molar-refractivity contribution in [1.82, 2.24) is 0 Å². The molecule has 0 N–H and O–H groups in total. The molecule has 0 aliphatic heterocycles. The van der Waals surface area contributed by atoms with Crippen molar-refractivity contribution in [3.05, 3.63) is 0 Å². The second-order valence-electron chi connectivity index (χ2n) is 30.6. The first kappa shape index (κ1) is 66.3. The Morgan fingerprint density at radius 2 is 0.792 bits per heavy atom. The van der Waals surface area contributed by atoms with Gasteiger partial charge in [0, 0.05) is 0 Å². The van der Waals surface area contributed by atoms with Crippen LogP contribution in [0.3, 0.4) is 0 Å². The summed E-state index contributed by atoms with van der Waals surface area (Å²) in [6.45, 7) is 35.5. The van der Waals surface area contributed by atoms with Gasteiger partial charge in [0.15, 0.2) is 0 Å². The zero-order chi connectivity index (χ0) is 53.0. The fourth-order valence-electron chi connectivity index (χ4n) is 16.3. The van der Waals surface area contributed by atoms with Crippen LogP contribution in [-0.2, 0) is 0 Å². The molecule has 0 heterocycles. The maximum absolute atomic E-state index is 2.44. The molecule has 72 heavy (non-hydrogen) atoms. The molecule has 0 aromatic carbocycles. The van der Waals surface area contributed by atoms with Gasteiger partial charge in [0.1, 0.15) is 0 Å². The average molecular weight is 1010 g/mol. The first-order chi connectivity index (χ1) is 34.3. The Balaban J connectivity index is 0.000000214. The van der Waals surface area contributed by atoms with Crippen LogP contribution in [0, 0.1) is 93.2 Å². The second-order valence-corrected chi connectivity index (χ2v) is 30.6. The largest absolute Gasteiger partial charge is 0.0654 e. The average Bonchev–Trinajstić information content (AvgIpc) is 4.23. The Hall–Kier alpha value is 0. The minimum atomic E-state index is 0.679. The lowest BCUT2D eigenvalue weighted by Crippen LogP contribution is -2.14. The molecule has 5 atom stereocenters. The van der Waals surface area contributed by atoms with E-state index in [0.29, 0.717) is 5.41 Å². The summed E-state index contributed by atoms with van der Waals surface area (Å²) in [5, 5.41) is 0. The smallest absolute Gasteiger partial charge is 0.0328 e. The summed E-state index contributed by atoms with van der Waals surface area (Å²) in [7, 11) is 0. The molecule has 0 nitrogen and oxygen atoms in total. The topological polar surface area (TPSA) is 0 Å². The summed E-state index contributed by atoms with van der Waals surface area (Å²) < 4.78 is 0. The fraction of sp³-hybridized carbons (Fsp3) is 1.00. The molecule has 0 aromatic rings. The summed E-state index contributed by atoms with van der Waals surface area (Å²) in [6, 6.07) is 0. The molecule has 0 saturated heterocycles. The van der Waals surface area contributed by atoms with Gasteiger partial charge in [0.05, 0.1) is 0 Å². The molecule has 4 bridgehead atoms. The van der Waals surface area contributed by atoms with Gasteiger partial charge >= 0.3 is 0 Å². The van der Waals surface area contributed by atoms with Gasteiger partial charge in [-0.05, 0) is 183 Å². The van der Waals surface area contributed by atoms with Gasteiger partial charge in [0.25, 0.3) is 0 Å². The lowest BCUT2D eigenvalue weighted by Gasteiger charge is -2.28. The molecule has 0 aromatic heterocycles. The Kier molecular flexibility index (Phi) is 33.3. The molecule has 11 saturated carbocycles. The minimum Gasteiger partial charge on any atom is -0.0654 e. The Labute approximate surface area is 458 Å². The first-order valence-electron chi connectivity index (χ1n) is 34.3. The van der Waals surface area contributed by atoms with Crippen LogP contribution >= 0.6 is 0 Å². The van der Waals surface area contributed by atoms with E-state index in [9.17, 15) is 0 Å². The van der Waals surface area contributed by atoms with E-state index in [2.05, 4.69) is 104 Å². The summed E-state index contributed by atoms with van der Waals surface area (Å²) >= 11 is 0. The van der Waals surface area contributed by atoms with Crippen LogP contribution in [0.4, 0.5) is 0 Å². The standard InChI is InChI=1S/2C8H14.7C8H16/c1-6-4-7-2-3-8(6)5-7;1-6-7-2-3-8(6)5-4-7;1-7-3-5-8(2)6-4-7;1-7-4-3-5-8(2)6-7;1-8(2)6-4-3-5-7-8;1-7(2)8-5-3-4-6-8;2*1-3-8(2)6-4-5-7-8;1-2-5-8-6-3-4-7-8/h2*6-8H,2-5H2,1H3;2*7-8H,3-6H2,1-2H3;3-7H2,1-2H3;7-8H,3-6H2,1-2H3;2*3-7H2,1-2H3;8H,2-7H2,1H3/t6-,7?,8?;;;7-,8?;;;;;/m0..1...../s1. The normalized spacial score (nSPS) is 34.5. The van der Waals surface area contributed by atoms with Gasteiger partial charge in [-0.3, -0.25) is 0 Å². The van der Waals surface area contributed by atoms with Crippen LogP contribution < -0.4 is 0 Å². The quantitative estimate of drug-likeness (QED) is 0.257. The van der Waals surface area contributed by atoms with Gasteiger partial charge in [0.2, 0.25) is 0 Å². The highest BCUT2D eigenvalue weighted by atomic mass is 14.4. The van der Waals surface area contributed by atoms with E-state index in [1.54, 1.807) is 51.4 Å². The molecule has 11 fully saturated rings. The van der Waals surface area contributed by atoms with Gasteiger partial charge < -0.3 is 0 Å². The van der Waals surface area contributed by atoms with E-state index in [1.165, 1.54) is 212 Å². The lowest BCUT2D eigenvalue weighted by atomic mass is 9.78. The maximum Gasteiger partial charge on any atom is -0.0328 e.